The van der Waals surface area contributed by atoms with Gasteiger partial charge in [-0.25, -0.2) is 4.58 Å². The van der Waals surface area contributed by atoms with Crippen LogP contribution in [0.3, 0.4) is 0 Å². The van der Waals surface area contributed by atoms with E-state index < -0.39 is 0 Å². The summed E-state index contributed by atoms with van der Waals surface area (Å²) < 4.78 is 2.13. The Morgan fingerprint density at radius 3 is 2.44 bits per heavy atom. The third kappa shape index (κ3) is 1.79. The number of nitrogens with zero attached hydrogens (tertiary/aromatic N) is 1. The third-order valence-corrected chi connectivity index (χ3v) is 2.00. The minimum Gasteiger partial charge on any atom is -0.317 e. The maximum Gasteiger partial charge on any atom is 0.143 e. The van der Waals surface area contributed by atoms with Crippen LogP contribution in [0.5, 0.6) is 0 Å². The van der Waals surface area contributed by atoms with Crippen molar-refractivity contribution in [2.45, 2.75) is 18.9 Å². The zero-order valence-corrected chi connectivity index (χ0v) is 6.06. The molecule has 52 valence electrons. The first-order valence-electron chi connectivity index (χ1n) is 3.55. The molecule has 1 fully saturated rings. The Morgan fingerprint density at radius 2 is 2.00 bits per heavy atom. The van der Waals surface area contributed by atoms with Crippen molar-refractivity contribution in [3.05, 3.63) is 0 Å². The van der Waals surface area contributed by atoms with Crippen molar-refractivity contribution in [2.75, 3.05) is 20.1 Å². The molecule has 1 saturated heterocycles. The second-order valence-corrected chi connectivity index (χ2v) is 2.68. The standard InChI is InChI=1S/C7H15N2/c1-8-7-3-5-9(2)6-4-7/h7-8H,2-6H2,1H3/q+1. The van der Waals surface area contributed by atoms with Crippen LogP contribution in [0.1, 0.15) is 12.8 Å². The minimum atomic E-state index is 0.739. The van der Waals surface area contributed by atoms with Gasteiger partial charge in [-0.1, -0.05) is 0 Å². The van der Waals surface area contributed by atoms with Gasteiger partial charge in [0.2, 0.25) is 0 Å². The molecule has 0 aromatic heterocycles. The van der Waals surface area contributed by atoms with Gasteiger partial charge < -0.3 is 5.32 Å². The van der Waals surface area contributed by atoms with Crippen LogP contribution in [0.15, 0.2) is 0 Å². The molecular weight excluding hydrogens is 112 g/mol. The number of piperidine rings is 1. The molecule has 1 heterocycles. The van der Waals surface area contributed by atoms with E-state index in [0.717, 1.165) is 19.1 Å². The Balaban J connectivity index is 2.26. The largest absolute Gasteiger partial charge is 0.317 e. The normalized spacial score (nSPS) is 22.6. The summed E-state index contributed by atoms with van der Waals surface area (Å²) >= 11 is 0. The highest BCUT2D eigenvalue weighted by Crippen LogP contribution is 2.03. The molecule has 1 rings (SSSR count). The number of hydrogen-bond donors (Lipinski definition) is 1. The van der Waals surface area contributed by atoms with Crippen LogP contribution in [-0.2, 0) is 0 Å². The van der Waals surface area contributed by atoms with Gasteiger partial charge in [-0.05, 0) is 7.05 Å². The Hall–Kier alpha value is -0.370. The van der Waals surface area contributed by atoms with Gasteiger partial charge in [-0.3, -0.25) is 0 Å². The summed E-state index contributed by atoms with van der Waals surface area (Å²) in [6, 6.07) is 0.739. The van der Waals surface area contributed by atoms with E-state index in [2.05, 4.69) is 16.6 Å². The van der Waals surface area contributed by atoms with Crippen molar-refractivity contribution in [1.29, 1.82) is 0 Å². The van der Waals surface area contributed by atoms with Gasteiger partial charge in [0.25, 0.3) is 0 Å². The van der Waals surface area contributed by atoms with Crippen molar-refractivity contribution in [3.63, 3.8) is 0 Å². The van der Waals surface area contributed by atoms with Gasteiger partial charge in [0.05, 0.1) is 0 Å². The summed E-state index contributed by atoms with van der Waals surface area (Å²) in [6.07, 6.45) is 2.50. The van der Waals surface area contributed by atoms with Crippen molar-refractivity contribution in [3.8, 4) is 0 Å². The highest BCUT2D eigenvalue weighted by molar-refractivity contribution is 5.14. The molecule has 2 nitrogen and oxygen atoms in total. The van der Waals surface area contributed by atoms with E-state index in [0.29, 0.717) is 0 Å². The average molecular weight is 127 g/mol. The molecule has 0 spiro atoms. The van der Waals surface area contributed by atoms with Gasteiger partial charge in [-0.2, -0.15) is 0 Å². The quantitative estimate of drug-likeness (QED) is 0.493. The lowest BCUT2D eigenvalue weighted by Crippen LogP contribution is -2.36. The van der Waals surface area contributed by atoms with Gasteiger partial charge in [0.1, 0.15) is 19.8 Å². The lowest BCUT2D eigenvalue weighted by molar-refractivity contribution is -0.530. The van der Waals surface area contributed by atoms with E-state index in [-0.39, 0.29) is 0 Å². The fourth-order valence-electron chi connectivity index (χ4n) is 1.22. The number of rotatable bonds is 1. The molecule has 0 saturated carbocycles. The topological polar surface area (TPSA) is 15.0 Å². The molecule has 0 amide bonds. The number of hydrogen-bond acceptors (Lipinski definition) is 1. The van der Waals surface area contributed by atoms with E-state index in [1.54, 1.807) is 0 Å². The third-order valence-electron chi connectivity index (χ3n) is 2.00. The smallest absolute Gasteiger partial charge is 0.143 e. The molecule has 0 aromatic carbocycles. The van der Waals surface area contributed by atoms with E-state index in [1.807, 2.05) is 7.05 Å². The van der Waals surface area contributed by atoms with Crippen molar-refractivity contribution < 1.29 is 4.58 Å². The monoisotopic (exact) mass is 127 g/mol. The summed E-state index contributed by atoms with van der Waals surface area (Å²) in [7, 11) is 2.03. The Morgan fingerprint density at radius 1 is 1.44 bits per heavy atom. The molecule has 1 aliphatic rings. The van der Waals surface area contributed by atoms with Crippen LogP contribution in [0, 0.1) is 0 Å². The summed E-state index contributed by atoms with van der Waals surface area (Å²) in [6.45, 7) is 6.16. The Kier molecular flexibility index (Phi) is 2.22. The van der Waals surface area contributed by atoms with Crippen molar-refractivity contribution >= 4 is 6.72 Å². The minimum absolute atomic E-state index is 0.739. The van der Waals surface area contributed by atoms with Crippen molar-refractivity contribution in [1.82, 2.24) is 5.32 Å². The summed E-state index contributed by atoms with van der Waals surface area (Å²) in [4.78, 5) is 0. The molecule has 0 unspecified atom stereocenters. The molecule has 0 radical (unpaired) electrons. The second-order valence-electron chi connectivity index (χ2n) is 2.68. The van der Waals surface area contributed by atoms with Crippen LogP contribution < -0.4 is 5.32 Å². The molecule has 0 aliphatic carbocycles. The molecule has 1 N–H and O–H groups in total. The van der Waals surface area contributed by atoms with Crippen LogP contribution in [0.25, 0.3) is 0 Å². The summed E-state index contributed by atoms with van der Waals surface area (Å²) in [5, 5.41) is 3.27. The van der Waals surface area contributed by atoms with Gasteiger partial charge >= 0.3 is 0 Å². The molecule has 1 aliphatic heterocycles. The van der Waals surface area contributed by atoms with Crippen LogP contribution in [-0.4, -0.2) is 37.5 Å². The fraction of sp³-hybridized carbons (Fsp3) is 0.857. The van der Waals surface area contributed by atoms with E-state index in [1.165, 1.54) is 12.8 Å². The van der Waals surface area contributed by atoms with Crippen LogP contribution >= 0.6 is 0 Å². The van der Waals surface area contributed by atoms with Gasteiger partial charge in [0.15, 0.2) is 0 Å². The lowest BCUT2D eigenvalue weighted by Gasteiger charge is -2.18. The van der Waals surface area contributed by atoms with E-state index >= 15 is 0 Å². The fourth-order valence-corrected chi connectivity index (χ4v) is 1.22. The molecule has 9 heavy (non-hydrogen) atoms. The van der Waals surface area contributed by atoms with E-state index in [4.69, 9.17) is 0 Å². The highest BCUT2D eigenvalue weighted by atomic mass is 15.0. The molecule has 0 aromatic rings. The summed E-state index contributed by atoms with van der Waals surface area (Å²) in [5.74, 6) is 0. The van der Waals surface area contributed by atoms with E-state index in [9.17, 15) is 0 Å². The maximum absolute atomic E-state index is 3.87. The van der Waals surface area contributed by atoms with Crippen LogP contribution in [0.2, 0.25) is 0 Å². The highest BCUT2D eigenvalue weighted by Gasteiger charge is 2.16. The Labute approximate surface area is 56.6 Å². The van der Waals surface area contributed by atoms with Crippen LogP contribution in [0.4, 0.5) is 0 Å². The second kappa shape index (κ2) is 2.97. The van der Waals surface area contributed by atoms with Gasteiger partial charge in [0, 0.05) is 18.9 Å². The average Bonchev–Trinajstić information content (AvgIpc) is 1.90. The predicted molar refractivity (Wildman–Crippen MR) is 39.2 cm³/mol. The zero-order chi connectivity index (χ0) is 6.69. The lowest BCUT2D eigenvalue weighted by atomic mass is 10.1. The Bertz CT molecular complexity index is 99.5. The van der Waals surface area contributed by atoms with Crippen molar-refractivity contribution in [2.24, 2.45) is 0 Å². The first kappa shape index (κ1) is 6.75. The van der Waals surface area contributed by atoms with Gasteiger partial charge in [-0.15, -0.1) is 0 Å². The maximum atomic E-state index is 3.87. The summed E-state index contributed by atoms with van der Waals surface area (Å²) in [5.41, 5.74) is 0. The first-order valence-corrected chi connectivity index (χ1v) is 3.55. The molecular formula is C7H15N2+. The number of nitrogens with one attached hydrogen (secondary N) is 1. The zero-order valence-electron chi connectivity index (χ0n) is 6.06. The predicted octanol–water partition coefficient (Wildman–Crippen LogP) is 0.0813. The SMILES string of the molecule is C=[N+]1CCC(NC)CC1. The molecule has 2 heteroatoms. The molecule has 0 atom stereocenters. The molecule has 0 bridgehead atoms. The first-order chi connectivity index (χ1) is 4.33.